The van der Waals surface area contributed by atoms with Crippen molar-refractivity contribution in [1.29, 1.82) is 0 Å². The molecule has 0 aromatic heterocycles. The zero-order valence-electron chi connectivity index (χ0n) is 5.78. The fourth-order valence-electron chi connectivity index (χ4n) is 0.875. The standard InChI is InChI=1S/C6H9F3N2/c7-6(8,9)4-5-10-2-1-3-11-5/h1-2,5,10-11H,3-4H2. The topological polar surface area (TPSA) is 24.1 Å². The molecule has 0 saturated heterocycles. The lowest BCUT2D eigenvalue weighted by Crippen LogP contribution is -2.45. The highest BCUT2D eigenvalue weighted by Crippen LogP contribution is 2.20. The van der Waals surface area contributed by atoms with Gasteiger partial charge in [-0.3, -0.25) is 5.32 Å². The van der Waals surface area contributed by atoms with E-state index in [0.29, 0.717) is 6.54 Å². The summed E-state index contributed by atoms with van der Waals surface area (Å²) in [7, 11) is 0. The Morgan fingerprint density at radius 2 is 2.18 bits per heavy atom. The van der Waals surface area contributed by atoms with E-state index in [-0.39, 0.29) is 0 Å². The molecule has 0 saturated carbocycles. The van der Waals surface area contributed by atoms with E-state index in [9.17, 15) is 13.2 Å². The number of hydrogen-bond acceptors (Lipinski definition) is 2. The molecule has 1 aliphatic rings. The molecular weight excluding hydrogens is 157 g/mol. The average Bonchev–Trinajstić information content (AvgIpc) is 1.85. The summed E-state index contributed by atoms with van der Waals surface area (Å²) >= 11 is 0. The van der Waals surface area contributed by atoms with Crippen molar-refractivity contribution in [2.75, 3.05) is 6.54 Å². The van der Waals surface area contributed by atoms with Crippen LogP contribution >= 0.6 is 0 Å². The van der Waals surface area contributed by atoms with Crippen LogP contribution in [0, 0.1) is 0 Å². The lowest BCUT2D eigenvalue weighted by molar-refractivity contribution is -0.141. The van der Waals surface area contributed by atoms with Crippen LogP contribution in [0.3, 0.4) is 0 Å². The van der Waals surface area contributed by atoms with Crippen molar-refractivity contribution in [1.82, 2.24) is 10.6 Å². The van der Waals surface area contributed by atoms with Gasteiger partial charge in [0.1, 0.15) is 0 Å². The molecule has 0 bridgehead atoms. The Morgan fingerprint density at radius 1 is 1.45 bits per heavy atom. The molecule has 0 amide bonds. The van der Waals surface area contributed by atoms with Crippen molar-refractivity contribution < 1.29 is 13.2 Å². The van der Waals surface area contributed by atoms with Crippen LogP contribution in [-0.2, 0) is 0 Å². The maximum absolute atomic E-state index is 11.7. The number of hydrogen-bond donors (Lipinski definition) is 2. The van der Waals surface area contributed by atoms with E-state index in [1.807, 2.05) is 0 Å². The Bertz CT molecular complexity index is 152. The number of rotatable bonds is 1. The van der Waals surface area contributed by atoms with Gasteiger partial charge in [-0.25, -0.2) is 0 Å². The maximum atomic E-state index is 11.7. The first-order valence-corrected chi connectivity index (χ1v) is 3.29. The molecule has 0 radical (unpaired) electrons. The third-order valence-electron chi connectivity index (χ3n) is 1.33. The summed E-state index contributed by atoms with van der Waals surface area (Å²) in [6, 6.07) is 0. The molecule has 1 aliphatic heterocycles. The molecule has 5 heteroatoms. The predicted molar refractivity (Wildman–Crippen MR) is 34.7 cm³/mol. The monoisotopic (exact) mass is 166 g/mol. The van der Waals surface area contributed by atoms with Gasteiger partial charge in [0.2, 0.25) is 0 Å². The quantitative estimate of drug-likeness (QED) is 0.606. The first kappa shape index (κ1) is 8.39. The summed E-state index contributed by atoms with van der Waals surface area (Å²) in [4.78, 5) is 0. The second-order valence-electron chi connectivity index (χ2n) is 2.35. The molecule has 2 nitrogen and oxygen atoms in total. The minimum absolute atomic E-state index is 0.494. The van der Waals surface area contributed by atoms with Gasteiger partial charge in [-0.15, -0.1) is 0 Å². The maximum Gasteiger partial charge on any atom is 0.392 e. The van der Waals surface area contributed by atoms with Crippen LogP contribution in [0.5, 0.6) is 0 Å². The van der Waals surface area contributed by atoms with Crippen LogP contribution in [0.2, 0.25) is 0 Å². The van der Waals surface area contributed by atoms with Gasteiger partial charge in [-0.1, -0.05) is 6.08 Å². The van der Waals surface area contributed by atoms with Gasteiger partial charge in [0, 0.05) is 6.54 Å². The summed E-state index contributed by atoms with van der Waals surface area (Å²) in [5, 5.41) is 5.22. The second kappa shape index (κ2) is 3.13. The summed E-state index contributed by atoms with van der Waals surface area (Å²) in [6.07, 6.45) is -2.34. The van der Waals surface area contributed by atoms with E-state index >= 15 is 0 Å². The van der Waals surface area contributed by atoms with E-state index in [0.717, 1.165) is 0 Å². The van der Waals surface area contributed by atoms with Gasteiger partial charge in [0.25, 0.3) is 0 Å². The molecule has 0 spiro atoms. The highest BCUT2D eigenvalue weighted by molar-refractivity contribution is 4.91. The highest BCUT2D eigenvalue weighted by atomic mass is 19.4. The summed E-state index contributed by atoms with van der Waals surface area (Å²) in [5.74, 6) is 0. The molecule has 0 aliphatic carbocycles. The summed E-state index contributed by atoms with van der Waals surface area (Å²) < 4.78 is 35.2. The van der Waals surface area contributed by atoms with Gasteiger partial charge >= 0.3 is 6.18 Å². The molecule has 64 valence electrons. The summed E-state index contributed by atoms with van der Waals surface area (Å²) in [5.41, 5.74) is 0. The van der Waals surface area contributed by atoms with Gasteiger partial charge in [-0.2, -0.15) is 13.2 Å². The van der Waals surface area contributed by atoms with Crippen LogP contribution < -0.4 is 10.6 Å². The van der Waals surface area contributed by atoms with Crippen LogP contribution in [0.4, 0.5) is 13.2 Å². The fraction of sp³-hybridized carbons (Fsp3) is 0.667. The second-order valence-corrected chi connectivity index (χ2v) is 2.35. The van der Waals surface area contributed by atoms with E-state index in [1.54, 1.807) is 6.08 Å². The smallest absolute Gasteiger partial charge is 0.376 e. The third-order valence-corrected chi connectivity index (χ3v) is 1.33. The largest absolute Gasteiger partial charge is 0.392 e. The highest BCUT2D eigenvalue weighted by Gasteiger charge is 2.31. The minimum atomic E-state index is -4.10. The van der Waals surface area contributed by atoms with E-state index in [2.05, 4.69) is 10.6 Å². The zero-order valence-corrected chi connectivity index (χ0v) is 5.78. The molecule has 1 atom stereocenters. The first-order chi connectivity index (χ1) is 5.08. The van der Waals surface area contributed by atoms with Crippen LogP contribution in [0.15, 0.2) is 12.3 Å². The molecule has 1 unspecified atom stereocenters. The lowest BCUT2D eigenvalue weighted by Gasteiger charge is -2.22. The van der Waals surface area contributed by atoms with E-state index in [4.69, 9.17) is 0 Å². The molecule has 0 aromatic rings. The normalized spacial score (nSPS) is 24.8. The molecule has 0 fully saturated rings. The van der Waals surface area contributed by atoms with Gasteiger partial charge in [-0.05, 0) is 6.20 Å². The minimum Gasteiger partial charge on any atom is -0.376 e. The van der Waals surface area contributed by atoms with Crippen molar-refractivity contribution in [3.63, 3.8) is 0 Å². The molecule has 1 rings (SSSR count). The van der Waals surface area contributed by atoms with Crippen LogP contribution in [0.25, 0.3) is 0 Å². The number of halogens is 3. The van der Waals surface area contributed by atoms with Crippen molar-refractivity contribution in [3.05, 3.63) is 12.3 Å². The fourth-order valence-corrected chi connectivity index (χ4v) is 0.875. The number of alkyl halides is 3. The molecule has 11 heavy (non-hydrogen) atoms. The molecular formula is C6H9F3N2. The zero-order chi connectivity index (χ0) is 8.32. The predicted octanol–water partition coefficient (Wildman–Crippen LogP) is 0.971. The Hall–Kier alpha value is -0.710. The molecule has 1 heterocycles. The SMILES string of the molecule is FC(F)(F)CC1NC=CCN1. The summed E-state index contributed by atoms with van der Waals surface area (Å²) in [6.45, 7) is 0.494. The van der Waals surface area contributed by atoms with Gasteiger partial charge in [0.05, 0.1) is 12.6 Å². The van der Waals surface area contributed by atoms with Crippen molar-refractivity contribution in [2.45, 2.75) is 18.8 Å². The Balaban J connectivity index is 2.32. The third kappa shape index (κ3) is 3.27. The Kier molecular flexibility index (Phi) is 2.38. The average molecular weight is 166 g/mol. The van der Waals surface area contributed by atoms with Crippen molar-refractivity contribution in [2.24, 2.45) is 0 Å². The van der Waals surface area contributed by atoms with E-state index in [1.165, 1.54) is 6.20 Å². The van der Waals surface area contributed by atoms with Crippen molar-refractivity contribution in [3.8, 4) is 0 Å². The van der Waals surface area contributed by atoms with Gasteiger partial charge < -0.3 is 5.32 Å². The van der Waals surface area contributed by atoms with Crippen molar-refractivity contribution >= 4 is 0 Å². The number of nitrogens with one attached hydrogen (secondary N) is 2. The lowest BCUT2D eigenvalue weighted by atomic mass is 10.3. The van der Waals surface area contributed by atoms with E-state index < -0.39 is 18.8 Å². The van der Waals surface area contributed by atoms with Crippen LogP contribution in [-0.4, -0.2) is 18.9 Å². The van der Waals surface area contributed by atoms with Crippen LogP contribution in [0.1, 0.15) is 6.42 Å². The Labute approximate surface area is 62.5 Å². The Morgan fingerprint density at radius 3 is 2.64 bits per heavy atom. The molecule has 2 N–H and O–H groups in total. The van der Waals surface area contributed by atoms with Gasteiger partial charge in [0.15, 0.2) is 0 Å². The molecule has 0 aromatic carbocycles. The first-order valence-electron chi connectivity index (χ1n) is 3.29.